The smallest absolute Gasteiger partial charge is 0.187 e. The van der Waals surface area contributed by atoms with Gasteiger partial charge in [0.15, 0.2) is 5.78 Å². The van der Waals surface area contributed by atoms with E-state index in [1.807, 2.05) is 6.07 Å². The van der Waals surface area contributed by atoms with Crippen LogP contribution in [0.3, 0.4) is 0 Å². The van der Waals surface area contributed by atoms with Gasteiger partial charge < -0.3 is 4.74 Å². The fourth-order valence-corrected chi connectivity index (χ4v) is 2.09. The lowest BCUT2D eigenvalue weighted by atomic mass is 9.91. The van der Waals surface area contributed by atoms with Crippen LogP contribution in [0.1, 0.15) is 27.4 Å². The number of methoxy groups -OCH3 is 1. The average molecular weight is 283 g/mol. The molecule has 1 unspecified atom stereocenters. The van der Waals surface area contributed by atoms with Crippen molar-refractivity contribution < 1.29 is 13.9 Å². The van der Waals surface area contributed by atoms with Crippen LogP contribution in [0.4, 0.5) is 4.39 Å². The summed E-state index contributed by atoms with van der Waals surface area (Å²) in [6.07, 6.45) is 0. The van der Waals surface area contributed by atoms with Crippen LogP contribution in [0.2, 0.25) is 0 Å². The minimum atomic E-state index is -1.06. The highest BCUT2D eigenvalue weighted by Crippen LogP contribution is 2.25. The van der Waals surface area contributed by atoms with Gasteiger partial charge in [0.1, 0.15) is 17.5 Å². The molecule has 1 atom stereocenters. The lowest BCUT2D eigenvalue weighted by Crippen LogP contribution is -2.13. The number of hydrogen-bond donors (Lipinski definition) is 0. The number of hydrogen-bond acceptors (Lipinski definition) is 3. The number of carbonyl (C=O) groups excluding carboxylic acids is 1. The molecule has 2 rings (SSSR count). The Hall–Kier alpha value is -2.67. The van der Waals surface area contributed by atoms with Gasteiger partial charge in [0.2, 0.25) is 0 Å². The van der Waals surface area contributed by atoms with E-state index in [1.165, 1.54) is 19.2 Å². The molecule has 0 bridgehead atoms. The van der Waals surface area contributed by atoms with Gasteiger partial charge in [0.05, 0.1) is 18.7 Å². The molecular weight excluding hydrogens is 269 g/mol. The number of rotatable bonds is 4. The molecule has 0 radical (unpaired) electrons. The molecule has 0 saturated heterocycles. The van der Waals surface area contributed by atoms with E-state index in [0.29, 0.717) is 11.3 Å². The number of aryl methyl sites for hydroxylation is 1. The first-order valence-electron chi connectivity index (χ1n) is 6.40. The van der Waals surface area contributed by atoms with Crippen molar-refractivity contribution in [2.45, 2.75) is 12.8 Å². The zero-order valence-electron chi connectivity index (χ0n) is 11.8. The monoisotopic (exact) mass is 283 g/mol. The fraction of sp³-hybridized carbons (Fsp3) is 0.176. The summed E-state index contributed by atoms with van der Waals surface area (Å²) < 4.78 is 18.9. The fourth-order valence-electron chi connectivity index (χ4n) is 2.09. The molecule has 3 nitrogen and oxygen atoms in total. The maximum absolute atomic E-state index is 13.8. The normalized spacial score (nSPS) is 11.5. The third-order valence-electron chi connectivity index (χ3n) is 3.21. The first kappa shape index (κ1) is 14.7. The summed E-state index contributed by atoms with van der Waals surface area (Å²) in [5, 5.41) is 9.30. The molecule has 2 aromatic carbocycles. The van der Waals surface area contributed by atoms with Crippen LogP contribution >= 0.6 is 0 Å². The molecule has 0 amide bonds. The summed E-state index contributed by atoms with van der Waals surface area (Å²) in [7, 11) is 1.50. The van der Waals surface area contributed by atoms with Gasteiger partial charge >= 0.3 is 0 Å². The Kier molecular flexibility index (Phi) is 4.34. The van der Waals surface area contributed by atoms with Crippen molar-refractivity contribution in [3.05, 3.63) is 65.0 Å². The third kappa shape index (κ3) is 3.09. The first-order chi connectivity index (χ1) is 10.1. The van der Waals surface area contributed by atoms with Gasteiger partial charge in [0, 0.05) is 0 Å². The molecule has 0 spiro atoms. The van der Waals surface area contributed by atoms with E-state index in [1.54, 1.807) is 37.3 Å². The standard InChI is InChI=1S/C17H14FNO2/c1-11-6-7-16(18)14(8-11)17(20)15(10-19)12-4-3-5-13(9-12)21-2/h3-9,15H,1-2H3. The van der Waals surface area contributed by atoms with Crippen LogP contribution in [0, 0.1) is 24.1 Å². The van der Waals surface area contributed by atoms with E-state index in [0.717, 1.165) is 5.56 Å². The maximum atomic E-state index is 13.8. The average Bonchev–Trinajstić information content (AvgIpc) is 2.50. The Bertz CT molecular complexity index is 719. The molecule has 2 aromatic rings. The van der Waals surface area contributed by atoms with Crippen molar-refractivity contribution >= 4 is 5.78 Å². The molecule has 21 heavy (non-hydrogen) atoms. The number of ether oxygens (including phenoxy) is 1. The Morgan fingerprint density at radius 3 is 2.71 bits per heavy atom. The largest absolute Gasteiger partial charge is 0.497 e. The van der Waals surface area contributed by atoms with E-state index in [2.05, 4.69) is 0 Å². The highest BCUT2D eigenvalue weighted by molar-refractivity contribution is 6.03. The summed E-state index contributed by atoms with van der Waals surface area (Å²) >= 11 is 0. The van der Waals surface area contributed by atoms with Crippen LogP contribution in [-0.4, -0.2) is 12.9 Å². The molecule has 106 valence electrons. The second kappa shape index (κ2) is 6.19. The van der Waals surface area contributed by atoms with Gasteiger partial charge in [-0.2, -0.15) is 5.26 Å². The Balaban J connectivity index is 2.43. The van der Waals surface area contributed by atoms with Crippen LogP contribution in [-0.2, 0) is 0 Å². The quantitative estimate of drug-likeness (QED) is 0.805. The molecular formula is C17H14FNO2. The summed E-state index contributed by atoms with van der Waals surface area (Å²) in [6, 6.07) is 12.9. The van der Waals surface area contributed by atoms with E-state index >= 15 is 0 Å². The van der Waals surface area contributed by atoms with Gasteiger partial charge in [-0.15, -0.1) is 0 Å². The van der Waals surface area contributed by atoms with Gasteiger partial charge in [-0.3, -0.25) is 4.79 Å². The molecule has 0 fully saturated rings. The van der Waals surface area contributed by atoms with Gasteiger partial charge in [-0.1, -0.05) is 23.8 Å². The van der Waals surface area contributed by atoms with Crippen LogP contribution in [0.15, 0.2) is 42.5 Å². The SMILES string of the molecule is COc1cccc(C(C#N)C(=O)c2cc(C)ccc2F)c1. The second-order valence-corrected chi connectivity index (χ2v) is 4.69. The highest BCUT2D eigenvalue weighted by atomic mass is 19.1. The minimum Gasteiger partial charge on any atom is -0.497 e. The summed E-state index contributed by atoms with van der Waals surface area (Å²) in [5.41, 5.74) is 1.19. The van der Waals surface area contributed by atoms with Crippen molar-refractivity contribution in [1.82, 2.24) is 0 Å². The van der Waals surface area contributed by atoms with E-state index in [9.17, 15) is 14.4 Å². The molecule has 0 aliphatic rings. The van der Waals surface area contributed by atoms with Crippen LogP contribution < -0.4 is 4.74 Å². The predicted molar refractivity (Wildman–Crippen MR) is 76.8 cm³/mol. The molecule has 4 heteroatoms. The van der Waals surface area contributed by atoms with Crippen molar-refractivity contribution in [3.63, 3.8) is 0 Å². The molecule has 0 aliphatic heterocycles. The molecule has 0 N–H and O–H groups in total. The number of Topliss-reactive ketones (excluding diaryl/α,β-unsaturated/α-hetero) is 1. The Labute approximate surface area is 122 Å². The maximum Gasteiger partial charge on any atom is 0.187 e. The molecule has 0 heterocycles. The van der Waals surface area contributed by atoms with Crippen molar-refractivity contribution in [3.8, 4) is 11.8 Å². The number of ketones is 1. The number of nitriles is 1. The van der Waals surface area contributed by atoms with Crippen LogP contribution in [0.25, 0.3) is 0 Å². The van der Waals surface area contributed by atoms with Crippen molar-refractivity contribution in [2.24, 2.45) is 0 Å². The predicted octanol–water partition coefficient (Wildman–Crippen LogP) is 3.63. The topological polar surface area (TPSA) is 50.1 Å². The second-order valence-electron chi connectivity index (χ2n) is 4.69. The number of carbonyl (C=O) groups is 1. The van der Waals surface area contributed by atoms with Gasteiger partial charge in [-0.25, -0.2) is 4.39 Å². The van der Waals surface area contributed by atoms with Gasteiger partial charge in [0.25, 0.3) is 0 Å². The van der Waals surface area contributed by atoms with Gasteiger partial charge in [-0.05, 0) is 36.8 Å². The lowest BCUT2D eigenvalue weighted by Gasteiger charge is -2.11. The molecule has 0 aliphatic carbocycles. The summed E-state index contributed by atoms with van der Waals surface area (Å²) in [4.78, 5) is 12.4. The zero-order chi connectivity index (χ0) is 15.4. The van der Waals surface area contributed by atoms with E-state index < -0.39 is 17.5 Å². The Morgan fingerprint density at radius 2 is 2.05 bits per heavy atom. The van der Waals surface area contributed by atoms with E-state index in [-0.39, 0.29) is 5.56 Å². The van der Waals surface area contributed by atoms with E-state index in [4.69, 9.17) is 4.74 Å². The lowest BCUT2D eigenvalue weighted by molar-refractivity contribution is 0.0975. The van der Waals surface area contributed by atoms with Crippen LogP contribution in [0.5, 0.6) is 5.75 Å². The van der Waals surface area contributed by atoms with Crippen molar-refractivity contribution in [1.29, 1.82) is 5.26 Å². The number of halogens is 1. The number of nitrogens with zero attached hydrogens (tertiary/aromatic N) is 1. The molecule has 0 aromatic heterocycles. The highest BCUT2D eigenvalue weighted by Gasteiger charge is 2.24. The third-order valence-corrected chi connectivity index (χ3v) is 3.21. The number of benzene rings is 2. The zero-order valence-corrected chi connectivity index (χ0v) is 11.8. The molecule has 0 saturated carbocycles. The first-order valence-corrected chi connectivity index (χ1v) is 6.40. The van der Waals surface area contributed by atoms with Crippen molar-refractivity contribution in [2.75, 3.05) is 7.11 Å². The Morgan fingerprint density at radius 1 is 1.29 bits per heavy atom. The minimum absolute atomic E-state index is 0.0654. The summed E-state index contributed by atoms with van der Waals surface area (Å²) in [6.45, 7) is 1.77. The summed E-state index contributed by atoms with van der Waals surface area (Å²) in [5.74, 6) is -1.68.